The van der Waals surface area contributed by atoms with Gasteiger partial charge in [-0.2, -0.15) is 0 Å². The number of hydrogen-bond acceptors (Lipinski definition) is 3. The van der Waals surface area contributed by atoms with Gasteiger partial charge in [-0.25, -0.2) is 0 Å². The Labute approximate surface area is 197 Å². The van der Waals surface area contributed by atoms with Crippen LogP contribution in [0, 0.1) is 0 Å². The number of benzene rings is 2. The number of rotatable bonds is 7. The number of carbonyl (C=O) groups is 1. The number of amides is 1. The van der Waals surface area contributed by atoms with E-state index >= 15 is 0 Å². The van der Waals surface area contributed by atoms with E-state index in [-0.39, 0.29) is 17.5 Å². The van der Waals surface area contributed by atoms with Crippen LogP contribution in [0.2, 0.25) is 0 Å². The van der Waals surface area contributed by atoms with E-state index in [2.05, 4.69) is 52.7 Å². The van der Waals surface area contributed by atoms with Crippen molar-refractivity contribution in [2.24, 2.45) is 0 Å². The largest absolute Gasteiger partial charge is 0.456 e. The van der Waals surface area contributed by atoms with Crippen molar-refractivity contribution in [2.45, 2.75) is 62.9 Å². The maximum Gasteiger partial charge on any atom is 0.287 e. The molecule has 2 heterocycles. The van der Waals surface area contributed by atoms with Gasteiger partial charge in [0.05, 0.1) is 0 Å². The van der Waals surface area contributed by atoms with Gasteiger partial charge in [-0.15, -0.1) is 0 Å². The second kappa shape index (κ2) is 9.96. The number of hydrogen-bond donors (Lipinski definition) is 1. The molecule has 0 radical (unpaired) electrons. The minimum Gasteiger partial charge on any atom is -0.456 e. The highest BCUT2D eigenvalue weighted by Crippen LogP contribution is 2.39. The SMILES string of the molecule is O=C(NC1CCC(Cc2ccccc2)(N2CCCC2)CC1)c1ccc(Cc2ccccc2)o1. The molecule has 1 saturated carbocycles. The summed E-state index contributed by atoms with van der Waals surface area (Å²) in [6, 6.07) is 25.1. The molecule has 33 heavy (non-hydrogen) atoms. The smallest absolute Gasteiger partial charge is 0.287 e. The Bertz CT molecular complexity index is 1030. The molecule has 0 bridgehead atoms. The van der Waals surface area contributed by atoms with Crippen molar-refractivity contribution in [1.82, 2.24) is 10.2 Å². The summed E-state index contributed by atoms with van der Waals surface area (Å²) in [7, 11) is 0. The van der Waals surface area contributed by atoms with Gasteiger partial charge in [0.1, 0.15) is 5.76 Å². The molecule has 3 aromatic rings. The van der Waals surface area contributed by atoms with E-state index in [1.54, 1.807) is 6.07 Å². The van der Waals surface area contributed by atoms with E-state index in [1.807, 2.05) is 24.3 Å². The summed E-state index contributed by atoms with van der Waals surface area (Å²) >= 11 is 0. The Kier molecular flexibility index (Phi) is 6.63. The fourth-order valence-corrected chi connectivity index (χ4v) is 5.72. The van der Waals surface area contributed by atoms with E-state index in [0.717, 1.165) is 37.9 Å². The van der Waals surface area contributed by atoms with Gasteiger partial charge in [-0.1, -0.05) is 60.7 Å². The molecule has 172 valence electrons. The third kappa shape index (κ3) is 5.22. The van der Waals surface area contributed by atoms with Gasteiger partial charge < -0.3 is 9.73 Å². The van der Waals surface area contributed by atoms with Crippen molar-refractivity contribution in [2.75, 3.05) is 13.1 Å². The Morgan fingerprint density at radius 2 is 1.52 bits per heavy atom. The third-order valence-corrected chi connectivity index (χ3v) is 7.51. The molecule has 0 atom stereocenters. The molecule has 4 nitrogen and oxygen atoms in total. The molecule has 0 spiro atoms. The van der Waals surface area contributed by atoms with Crippen molar-refractivity contribution in [3.05, 3.63) is 95.4 Å². The molecule has 2 aromatic carbocycles. The van der Waals surface area contributed by atoms with Crippen LogP contribution in [-0.2, 0) is 12.8 Å². The predicted molar refractivity (Wildman–Crippen MR) is 131 cm³/mol. The lowest BCUT2D eigenvalue weighted by Gasteiger charge is -2.47. The minimum absolute atomic E-state index is 0.0870. The van der Waals surface area contributed by atoms with Gasteiger partial charge in [-0.3, -0.25) is 9.69 Å². The van der Waals surface area contributed by atoms with Crippen LogP contribution in [0.25, 0.3) is 0 Å². The lowest BCUT2D eigenvalue weighted by atomic mass is 9.74. The lowest BCUT2D eigenvalue weighted by Crippen LogP contribution is -2.53. The van der Waals surface area contributed by atoms with Crippen LogP contribution in [-0.4, -0.2) is 35.5 Å². The zero-order valence-electron chi connectivity index (χ0n) is 19.3. The van der Waals surface area contributed by atoms with Gasteiger partial charge in [0.15, 0.2) is 5.76 Å². The molecule has 1 aliphatic heterocycles. The summed E-state index contributed by atoms with van der Waals surface area (Å²) in [6.07, 6.45) is 8.72. The number of likely N-dealkylation sites (tertiary alicyclic amines) is 1. The van der Waals surface area contributed by atoms with Crippen LogP contribution >= 0.6 is 0 Å². The van der Waals surface area contributed by atoms with E-state index in [0.29, 0.717) is 12.2 Å². The van der Waals surface area contributed by atoms with Crippen molar-refractivity contribution in [3.63, 3.8) is 0 Å². The Morgan fingerprint density at radius 1 is 0.879 bits per heavy atom. The predicted octanol–water partition coefficient (Wildman–Crippen LogP) is 5.62. The van der Waals surface area contributed by atoms with Crippen LogP contribution in [0.5, 0.6) is 0 Å². The Morgan fingerprint density at radius 3 is 2.18 bits per heavy atom. The summed E-state index contributed by atoms with van der Waals surface area (Å²) in [4.78, 5) is 15.6. The number of nitrogens with one attached hydrogen (secondary N) is 1. The highest BCUT2D eigenvalue weighted by molar-refractivity contribution is 5.91. The fourth-order valence-electron chi connectivity index (χ4n) is 5.72. The van der Waals surface area contributed by atoms with Crippen LogP contribution in [0.3, 0.4) is 0 Å². The van der Waals surface area contributed by atoms with Crippen LogP contribution in [0.1, 0.15) is 66.0 Å². The number of furan rings is 1. The van der Waals surface area contributed by atoms with Crippen molar-refractivity contribution < 1.29 is 9.21 Å². The summed E-state index contributed by atoms with van der Waals surface area (Å²) in [6.45, 7) is 2.42. The monoisotopic (exact) mass is 442 g/mol. The van der Waals surface area contributed by atoms with Crippen LogP contribution < -0.4 is 5.32 Å². The molecule has 2 fully saturated rings. The average Bonchev–Trinajstić information content (AvgIpc) is 3.55. The minimum atomic E-state index is -0.0870. The van der Waals surface area contributed by atoms with Crippen LogP contribution in [0.15, 0.2) is 77.2 Å². The second-order valence-electron chi connectivity index (χ2n) is 9.76. The maximum atomic E-state index is 12.9. The van der Waals surface area contributed by atoms with Gasteiger partial charge in [0.25, 0.3) is 5.91 Å². The standard InChI is InChI=1S/C29H34N2O2/c32-28(27-14-13-26(33-27)21-23-9-3-1-4-10-23)30-25-15-17-29(18-16-25,31-19-7-8-20-31)22-24-11-5-2-6-12-24/h1-6,9-14,25H,7-8,15-22H2,(H,30,32). The molecule has 1 aliphatic carbocycles. The third-order valence-electron chi connectivity index (χ3n) is 7.51. The molecule has 1 saturated heterocycles. The number of nitrogens with zero attached hydrogens (tertiary/aromatic N) is 1. The van der Waals surface area contributed by atoms with Gasteiger partial charge in [0, 0.05) is 18.0 Å². The zero-order valence-corrected chi connectivity index (χ0v) is 19.3. The first kappa shape index (κ1) is 22.0. The summed E-state index contributed by atoms with van der Waals surface area (Å²) in [5.74, 6) is 1.16. The highest BCUT2D eigenvalue weighted by atomic mass is 16.3. The number of carbonyl (C=O) groups excluding carboxylic acids is 1. The molecular formula is C29H34N2O2. The zero-order chi connectivity index (χ0) is 22.5. The maximum absolute atomic E-state index is 12.9. The highest BCUT2D eigenvalue weighted by Gasteiger charge is 2.41. The molecule has 1 amide bonds. The van der Waals surface area contributed by atoms with Crippen molar-refractivity contribution >= 4 is 5.91 Å². The van der Waals surface area contributed by atoms with Gasteiger partial charge in [0.2, 0.25) is 0 Å². The first-order valence-electron chi connectivity index (χ1n) is 12.4. The Hall–Kier alpha value is -2.85. The van der Waals surface area contributed by atoms with Crippen molar-refractivity contribution in [3.8, 4) is 0 Å². The molecule has 5 rings (SSSR count). The molecular weight excluding hydrogens is 408 g/mol. The lowest BCUT2D eigenvalue weighted by molar-refractivity contribution is 0.0588. The van der Waals surface area contributed by atoms with Crippen LogP contribution in [0.4, 0.5) is 0 Å². The summed E-state index contributed by atoms with van der Waals surface area (Å²) in [5, 5.41) is 3.25. The fraction of sp³-hybridized carbons (Fsp3) is 0.414. The molecule has 0 unspecified atom stereocenters. The van der Waals surface area contributed by atoms with Crippen molar-refractivity contribution in [1.29, 1.82) is 0 Å². The second-order valence-corrected chi connectivity index (χ2v) is 9.76. The molecule has 4 heteroatoms. The average molecular weight is 443 g/mol. The van der Waals surface area contributed by atoms with Gasteiger partial charge in [-0.05, 0) is 81.3 Å². The quantitative estimate of drug-likeness (QED) is 0.517. The van der Waals surface area contributed by atoms with E-state index in [9.17, 15) is 4.79 Å². The van der Waals surface area contributed by atoms with E-state index in [1.165, 1.54) is 37.1 Å². The first-order chi connectivity index (χ1) is 16.2. The van der Waals surface area contributed by atoms with E-state index < -0.39 is 0 Å². The summed E-state index contributed by atoms with van der Waals surface area (Å²) < 4.78 is 5.87. The summed E-state index contributed by atoms with van der Waals surface area (Å²) in [5.41, 5.74) is 2.84. The van der Waals surface area contributed by atoms with Gasteiger partial charge >= 0.3 is 0 Å². The normalized spacial score (nSPS) is 23.5. The molecule has 2 aliphatic rings. The molecule has 1 aromatic heterocycles. The van der Waals surface area contributed by atoms with E-state index in [4.69, 9.17) is 4.42 Å². The molecule has 1 N–H and O–H groups in total. The first-order valence-corrected chi connectivity index (χ1v) is 12.4. The topological polar surface area (TPSA) is 45.5 Å². The Balaban J connectivity index is 1.20.